The van der Waals surface area contributed by atoms with Gasteiger partial charge in [-0.3, -0.25) is 14.0 Å². The van der Waals surface area contributed by atoms with E-state index in [9.17, 15) is 4.79 Å². The van der Waals surface area contributed by atoms with Gasteiger partial charge in [-0.15, -0.1) is 0 Å². The van der Waals surface area contributed by atoms with Gasteiger partial charge in [0.15, 0.2) is 5.65 Å². The lowest BCUT2D eigenvalue weighted by molar-refractivity contribution is 0.586. The van der Waals surface area contributed by atoms with Crippen LogP contribution in [0.5, 0.6) is 0 Å². The van der Waals surface area contributed by atoms with Crippen LogP contribution >= 0.6 is 0 Å². The van der Waals surface area contributed by atoms with Gasteiger partial charge in [0.05, 0.1) is 6.20 Å². The molecule has 0 amide bonds. The van der Waals surface area contributed by atoms with E-state index in [0.717, 1.165) is 30.8 Å². The maximum atomic E-state index is 12.7. The summed E-state index contributed by atoms with van der Waals surface area (Å²) >= 11 is 0. The first-order valence-corrected chi connectivity index (χ1v) is 7.84. The highest BCUT2D eigenvalue weighted by molar-refractivity contribution is 5.83. The van der Waals surface area contributed by atoms with Crippen molar-refractivity contribution in [3.8, 4) is 0 Å². The predicted octanol–water partition coefficient (Wildman–Crippen LogP) is 2.77. The molecule has 2 aromatic heterocycles. The van der Waals surface area contributed by atoms with Crippen molar-refractivity contribution < 1.29 is 0 Å². The molecule has 23 heavy (non-hydrogen) atoms. The molecule has 3 heterocycles. The molecule has 1 aliphatic heterocycles. The van der Waals surface area contributed by atoms with Crippen LogP contribution in [-0.2, 0) is 13.6 Å². The highest BCUT2D eigenvalue weighted by Crippen LogP contribution is 2.27. The molecule has 0 aliphatic carbocycles. The molecule has 3 aromatic rings. The lowest BCUT2D eigenvalue weighted by Gasteiger charge is -2.20. The van der Waals surface area contributed by atoms with E-state index < -0.39 is 0 Å². The highest BCUT2D eigenvalue weighted by Gasteiger charge is 2.20. The summed E-state index contributed by atoms with van der Waals surface area (Å²) in [6, 6.07) is 8.27. The molecule has 116 valence electrons. The number of hydrogen-bond donors (Lipinski definition) is 0. The van der Waals surface area contributed by atoms with Gasteiger partial charge in [0.2, 0.25) is 0 Å². The summed E-state index contributed by atoms with van der Waals surface area (Å²) < 4.78 is 3.45. The summed E-state index contributed by atoms with van der Waals surface area (Å²) in [7, 11) is 1.82. The Morgan fingerprint density at radius 1 is 1.26 bits per heavy atom. The van der Waals surface area contributed by atoms with Crippen LogP contribution in [-0.4, -0.2) is 19.3 Å². The van der Waals surface area contributed by atoms with Crippen LogP contribution in [0.2, 0.25) is 0 Å². The van der Waals surface area contributed by atoms with Gasteiger partial charge in [-0.2, -0.15) is 5.10 Å². The number of aromatic nitrogens is 4. The van der Waals surface area contributed by atoms with Gasteiger partial charge in [0.25, 0.3) is 5.56 Å². The number of rotatable bonds is 1. The van der Waals surface area contributed by atoms with Crippen LogP contribution in [0.1, 0.15) is 29.8 Å². The second kappa shape index (κ2) is 5.19. The van der Waals surface area contributed by atoms with E-state index in [2.05, 4.69) is 30.2 Å². The lowest BCUT2D eigenvalue weighted by atomic mass is 10.00. The van der Waals surface area contributed by atoms with Gasteiger partial charge in [0.1, 0.15) is 11.2 Å². The molecule has 0 N–H and O–H groups in total. The molecular weight excluding hydrogens is 288 g/mol. The van der Waals surface area contributed by atoms with Crippen LogP contribution < -0.4 is 5.56 Å². The Labute approximate surface area is 133 Å². The molecule has 5 heteroatoms. The third kappa shape index (κ3) is 2.20. The molecule has 4 rings (SSSR count). The molecule has 0 saturated heterocycles. The zero-order valence-corrected chi connectivity index (χ0v) is 13.3. The van der Waals surface area contributed by atoms with Crippen LogP contribution in [0, 0.1) is 6.92 Å². The van der Waals surface area contributed by atoms with E-state index >= 15 is 0 Å². The first-order valence-electron chi connectivity index (χ1n) is 7.84. The molecule has 1 aliphatic rings. The Kier molecular flexibility index (Phi) is 3.15. The third-order valence-electron chi connectivity index (χ3n) is 4.48. The molecule has 0 fully saturated rings. The smallest absolute Gasteiger partial charge is 0.264 e. The van der Waals surface area contributed by atoms with Crippen molar-refractivity contribution in [2.45, 2.75) is 26.3 Å². The van der Waals surface area contributed by atoms with E-state index in [-0.39, 0.29) is 5.56 Å². The maximum absolute atomic E-state index is 12.7. The van der Waals surface area contributed by atoms with Crippen molar-refractivity contribution in [3.63, 3.8) is 0 Å². The van der Waals surface area contributed by atoms with Crippen molar-refractivity contribution in [3.05, 3.63) is 57.8 Å². The number of aryl methyl sites for hydroxylation is 2. The average Bonchev–Trinajstić information content (AvgIpc) is 2.92. The van der Waals surface area contributed by atoms with Gasteiger partial charge >= 0.3 is 0 Å². The van der Waals surface area contributed by atoms with E-state index in [1.807, 2.05) is 19.2 Å². The van der Waals surface area contributed by atoms with Crippen LogP contribution in [0.4, 0.5) is 0 Å². The standard InChI is InChI=1S/C18H18N4O/c1-12-6-3-4-7-13(12)10-14-8-5-9-22-16(14)20-17-15(18(22)23)11-19-21(17)2/h3-4,6-7,10-11H,5,8-9H2,1-2H3/b14-10+. The first-order chi connectivity index (χ1) is 11.1. The summed E-state index contributed by atoms with van der Waals surface area (Å²) in [4.78, 5) is 17.4. The molecule has 0 spiro atoms. The number of hydrogen-bond acceptors (Lipinski definition) is 3. The minimum absolute atomic E-state index is 0.00786. The molecule has 0 unspecified atom stereocenters. The topological polar surface area (TPSA) is 52.7 Å². The second-order valence-corrected chi connectivity index (χ2v) is 6.03. The molecule has 0 bridgehead atoms. The largest absolute Gasteiger partial charge is 0.292 e. The molecule has 0 saturated carbocycles. The van der Waals surface area contributed by atoms with E-state index in [0.29, 0.717) is 11.0 Å². The predicted molar refractivity (Wildman–Crippen MR) is 91.1 cm³/mol. The number of fused-ring (bicyclic) bond motifs is 2. The summed E-state index contributed by atoms with van der Waals surface area (Å²) in [6.07, 6.45) is 5.66. The van der Waals surface area contributed by atoms with Gasteiger partial charge in [-0.25, -0.2) is 4.98 Å². The van der Waals surface area contributed by atoms with Crippen LogP contribution in [0.3, 0.4) is 0 Å². The second-order valence-electron chi connectivity index (χ2n) is 6.03. The number of allylic oxidation sites excluding steroid dienone is 1. The number of benzene rings is 1. The Bertz CT molecular complexity index is 994. The van der Waals surface area contributed by atoms with E-state index in [4.69, 9.17) is 4.98 Å². The zero-order chi connectivity index (χ0) is 16.0. The Hall–Kier alpha value is -2.69. The summed E-state index contributed by atoms with van der Waals surface area (Å²) in [6.45, 7) is 2.82. The summed E-state index contributed by atoms with van der Waals surface area (Å²) in [5, 5.41) is 4.76. The third-order valence-corrected chi connectivity index (χ3v) is 4.48. The Morgan fingerprint density at radius 3 is 2.91 bits per heavy atom. The highest BCUT2D eigenvalue weighted by atomic mass is 16.1. The van der Waals surface area contributed by atoms with Gasteiger partial charge < -0.3 is 0 Å². The monoisotopic (exact) mass is 306 g/mol. The first kappa shape index (κ1) is 13.9. The minimum Gasteiger partial charge on any atom is -0.292 e. The fourth-order valence-electron chi connectivity index (χ4n) is 3.18. The van der Waals surface area contributed by atoms with Crippen molar-refractivity contribution in [2.24, 2.45) is 7.05 Å². The normalized spacial score (nSPS) is 16.0. The summed E-state index contributed by atoms with van der Waals surface area (Å²) in [5.41, 5.74) is 4.18. The van der Waals surface area contributed by atoms with Gasteiger partial charge in [-0.1, -0.05) is 24.3 Å². The molecule has 5 nitrogen and oxygen atoms in total. The van der Waals surface area contributed by atoms with Crippen LogP contribution in [0.25, 0.3) is 22.7 Å². The molecule has 1 aromatic carbocycles. The fraction of sp³-hybridized carbons (Fsp3) is 0.278. The SMILES string of the molecule is Cc1ccccc1/C=C1\CCCn2c1nc1c(cnn1C)c2=O. The number of nitrogens with zero attached hydrogens (tertiary/aromatic N) is 4. The molecule has 0 radical (unpaired) electrons. The van der Waals surface area contributed by atoms with Crippen molar-refractivity contribution in [2.75, 3.05) is 0 Å². The molecule has 0 atom stereocenters. The Morgan fingerprint density at radius 2 is 2.09 bits per heavy atom. The molecular formula is C18H18N4O. The van der Waals surface area contributed by atoms with Gasteiger partial charge in [0, 0.05) is 13.6 Å². The van der Waals surface area contributed by atoms with Crippen molar-refractivity contribution in [1.29, 1.82) is 0 Å². The zero-order valence-electron chi connectivity index (χ0n) is 13.3. The van der Waals surface area contributed by atoms with E-state index in [1.54, 1.807) is 15.4 Å². The lowest BCUT2D eigenvalue weighted by Crippen LogP contribution is -2.27. The fourth-order valence-corrected chi connectivity index (χ4v) is 3.18. The average molecular weight is 306 g/mol. The van der Waals surface area contributed by atoms with Gasteiger partial charge in [-0.05, 0) is 42.5 Å². The summed E-state index contributed by atoms with van der Waals surface area (Å²) in [5.74, 6) is 0.778. The quantitative estimate of drug-likeness (QED) is 0.694. The minimum atomic E-state index is 0.00786. The van der Waals surface area contributed by atoms with Crippen LogP contribution in [0.15, 0.2) is 35.3 Å². The van der Waals surface area contributed by atoms with Crippen molar-refractivity contribution >= 4 is 22.7 Å². The van der Waals surface area contributed by atoms with E-state index in [1.165, 1.54) is 11.1 Å². The maximum Gasteiger partial charge on any atom is 0.264 e. The Balaban J connectivity index is 1.96. The van der Waals surface area contributed by atoms with Crippen molar-refractivity contribution in [1.82, 2.24) is 19.3 Å².